The molecule has 0 aromatic heterocycles. The molecule has 0 radical (unpaired) electrons. The summed E-state index contributed by atoms with van der Waals surface area (Å²) in [6.07, 6.45) is 0. The summed E-state index contributed by atoms with van der Waals surface area (Å²) in [5, 5.41) is 0. The lowest BCUT2D eigenvalue weighted by Crippen LogP contribution is -2.04. The highest BCUT2D eigenvalue weighted by molar-refractivity contribution is 5.44. The van der Waals surface area contributed by atoms with E-state index in [1.807, 2.05) is 0 Å². The van der Waals surface area contributed by atoms with E-state index in [1.54, 1.807) is 36.4 Å². The van der Waals surface area contributed by atoms with Gasteiger partial charge in [0.15, 0.2) is 11.5 Å². The van der Waals surface area contributed by atoms with Crippen molar-refractivity contribution < 1.29 is 23.0 Å². The predicted octanol–water partition coefficient (Wildman–Crippen LogP) is 3.46. The quantitative estimate of drug-likeness (QED) is 0.829. The average molecular weight is 295 g/mol. The van der Waals surface area contributed by atoms with E-state index in [0.29, 0.717) is 11.4 Å². The molecule has 2 rings (SSSR count). The van der Waals surface area contributed by atoms with Crippen LogP contribution < -0.4 is 19.9 Å². The highest BCUT2D eigenvalue weighted by Gasteiger charge is 2.11. The number of hydrogen-bond acceptors (Lipinski definition) is 4. The fraction of sp³-hybridized carbons (Fsp3) is 0.200. The topological polar surface area (TPSA) is 53.7 Å². The van der Waals surface area contributed by atoms with Crippen LogP contribution in [-0.2, 0) is 6.61 Å². The fourth-order valence-electron chi connectivity index (χ4n) is 1.77. The molecule has 0 bridgehead atoms. The van der Waals surface area contributed by atoms with Crippen LogP contribution >= 0.6 is 0 Å². The van der Waals surface area contributed by atoms with E-state index in [2.05, 4.69) is 4.74 Å². The van der Waals surface area contributed by atoms with Gasteiger partial charge in [0.1, 0.15) is 12.4 Å². The maximum absolute atomic E-state index is 12.2. The Bertz CT molecular complexity index is 605. The van der Waals surface area contributed by atoms with Crippen molar-refractivity contribution in [3.63, 3.8) is 0 Å². The van der Waals surface area contributed by atoms with Gasteiger partial charge < -0.3 is 19.9 Å². The third kappa shape index (κ3) is 4.24. The maximum Gasteiger partial charge on any atom is 0.387 e. The minimum absolute atomic E-state index is 0.0137. The molecule has 0 aliphatic heterocycles. The van der Waals surface area contributed by atoms with Crippen molar-refractivity contribution in [1.29, 1.82) is 0 Å². The predicted molar refractivity (Wildman–Crippen MR) is 74.8 cm³/mol. The van der Waals surface area contributed by atoms with Crippen molar-refractivity contribution in [3.05, 3.63) is 48.0 Å². The number of anilines is 1. The Labute approximate surface area is 121 Å². The number of hydrogen-bond donors (Lipinski definition) is 1. The molecule has 0 saturated carbocycles. The monoisotopic (exact) mass is 295 g/mol. The molecule has 2 N–H and O–H groups in total. The van der Waals surface area contributed by atoms with Crippen LogP contribution in [0.2, 0.25) is 0 Å². The molecular formula is C15H15F2NO3. The first kappa shape index (κ1) is 14.9. The van der Waals surface area contributed by atoms with Crippen LogP contribution in [0.3, 0.4) is 0 Å². The molecule has 4 nitrogen and oxygen atoms in total. The second-order valence-electron chi connectivity index (χ2n) is 4.22. The smallest absolute Gasteiger partial charge is 0.387 e. The number of nitrogens with two attached hydrogens (primary N) is 1. The normalized spacial score (nSPS) is 10.5. The molecule has 0 aliphatic carbocycles. The molecule has 0 aliphatic rings. The molecule has 0 amide bonds. The zero-order valence-corrected chi connectivity index (χ0v) is 11.4. The number of halogens is 2. The van der Waals surface area contributed by atoms with Gasteiger partial charge in [-0.25, -0.2) is 0 Å². The van der Waals surface area contributed by atoms with Gasteiger partial charge in [0.2, 0.25) is 0 Å². The van der Waals surface area contributed by atoms with Crippen LogP contribution in [-0.4, -0.2) is 13.7 Å². The Morgan fingerprint density at radius 3 is 2.57 bits per heavy atom. The molecule has 6 heteroatoms. The largest absolute Gasteiger partial charge is 0.493 e. The summed E-state index contributed by atoms with van der Waals surface area (Å²) in [5.41, 5.74) is 7.01. The van der Waals surface area contributed by atoms with Gasteiger partial charge in [-0.15, -0.1) is 0 Å². The number of rotatable bonds is 6. The fourth-order valence-corrected chi connectivity index (χ4v) is 1.77. The first-order valence-electron chi connectivity index (χ1n) is 6.18. The third-order valence-electron chi connectivity index (χ3n) is 2.71. The lowest BCUT2D eigenvalue weighted by molar-refractivity contribution is -0.0512. The molecule has 0 saturated heterocycles. The Kier molecular flexibility index (Phi) is 4.81. The lowest BCUT2D eigenvalue weighted by Gasteiger charge is -2.12. The van der Waals surface area contributed by atoms with Gasteiger partial charge in [-0.05, 0) is 29.8 Å². The van der Waals surface area contributed by atoms with Gasteiger partial charge >= 0.3 is 6.61 Å². The van der Waals surface area contributed by atoms with Crippen LogP contribution in [0, 0.1) is 0 Å². The molecule has 0 atom stereocenters. The molecule has 2 aromatic rings. The van der Waals surface area contributed by atoms with Gasteiger partial charge in [0.05, 0.1) is 7.11 Å². The van der Waals surface area contributed by atoms with Gasteiger partial charge in [0, 0.05) is 11.8 Å². The number of ether oxygens (including phenoxy) is 3. The van der Waals surface area contributed by atoms with Crippen LogP contribution in [0.4, 0.5) is 14.5 Å². The zero-order valence-electron chi connectivity index (χ0n) is 11.4. The molecule has 0 fully saturated rings. The van der Waals surface area contributed by atoms with Crippen LogP contribution in [0.1, 0.15) is 5.56 Å². The molecular weight excluding hydrogens is 280 g/mol. The molecule has 0 spiro atoms. The van der Waals surface area contributed by atoms with Gasteiger partial charge in [-0.1, -0.05) is 12.1 Å². The summed E-state index contributed by atoms with van der Waals surface area (Å²) in [6.45, 7) is -2.64. The van der Waals surface area contributed by atoms with Crippen LogP contribution in [0.15, 0.2) is 42.5 Å². The van der Waals surface area contributed by atoms with E-state index in [9.17, 15) is 8.78 Å². The highest BCUT2D eigenvalue weighted by Crippen LogP contribution is 2.30. The van der Waals surface area contributed by atoms with E-state index in [-0.39, 0.29) is 18.1 Å². The van der Waals surface area contributed by atoms with Crippen molar-refractivity contribution >= 4 is 5.69 Å². The molecule has 112 valence electrons. The Balaban J connectivity index is 2.07. The number of benzene rings is 2. The minimum atomic E-state index is -2.90. The second kappa shape index (κ2) is 6.78. The Hall–Kier alpha value is -2.50. The van der Waals surface area contributed by atoms with E-state index in [4.69, 9.17) is 15.2 Å². The van der Waals surface area contributed by atoms with E-state index < -0.39 is 6.61 Å². The zero-order chi connectivity index (χ0) is 15.2. The van der Waals surface area contributed by atoms with Crippen LogP contribution in [0.25, 0.3) is 0 Å². The van der Waals surface area contributed by atoms with Gasteiger partial charge in [0.25, 0.3) is 0 Å². The SMILES string of the molecule is COc1cc(COc2cccc(N)c2)ccc1OC(F)F. The summed E-state index contributed by atoms with van der Waals surface area (Å²) >= 11 is 0. The van der Waals surface area contributed by atoms with Crippen LogP contribution in [0.5, 0.6) is 17.2 Å². The third-order valence-corrected chi connectivity index (χ3v) is 2.71. The van der Waals surface area contributed by atoms with Crippen molar-refractivity contribution in [2.24, 2.45) is 0 Å². The summed E-state index contributed by atoms with van der Waals surface area (Å²) in [7, 11) is 1.39. The standard InChI is InChI=1S/C15H15F2NO3/c1-19-14-7-10(5-6-13(14)21-15(16)17)9-20-12-4-2-3-11(18)8-12/h2-8,15H,9,18H2,1H3. The average Bonchev–Trinajstić information content (AvgIpc) is 2.45. The number of alkyl halides is 2. The molecule has 0 unspecified atom stereocenters. The van der Waals surface area contributed by atoms with Gasteiger partial charge in [-0.2, -0.15) is 8.78 Å². The molecule has 21 heavy (non-hydrogen) atoms. The summed E-state index contributed by atoms with van der Waals surface area (Å²) in [4.78, 5) is 0. The molecule has 2 aromatic carbocycles. The minimum Gasteiger partial charge on any atom is -0.493 e. The highest BCUT2D eigenvalue weighted by atomic mass is 19.3. The summed E-state index contributed by atoms with van der Waals surface area (Å²) in [6, 6.07) is 11.7. The van der Waals surface area contributed by atoms with E-state index >= 15 is 0 Å². The second-order valence-corrected chi connectivity index (χ2v) is 4.22. The van der Waals surface area contributed by atoms with E-state index in [0.717, 1.165) is 5.56 Å². The summed E-state index contributed by atoms with van der Waals surface area (Å²) < 4.78 is 39.4. The molecule has 0 heterocycles. The maximum atomic E-state index is 12.2. The first-order chi connectivity index (χ1) is 10.1. The van der Waals surface area contributed by atoms with Crippen molar-refractivity contribution in [2.45, 2.75) is 13.2 Å². The summed E-state index contributed by atoms with van der Waals surface area (Å²) in [5.74, 6) is 0.839. The van der Waals surface area contributed by atoms with Gasteiger partial charge in [-0.3, -0.25) is 0 Å². The van der Waals surface area contributed by atoms with Crippen molar-refractivity contribution in [1.82, 2.24) is 0 Å². The van der Waals surface area contributed by atoms with Crippen molar-refractivity contribution in [2.75, 3.05) is 12.8 Å². The lowest BCUT2D eigenvalue weighted by atomic mass is 10.2. The number of nitrogen functional groups attached to an aromatic ring is 1. The number of methoxy groups -OCH3 is 1. The van der Waals surface area contributed by atoms with E-state index in [1.165, 1.54) is 13.2 Å². The first-order valence-corrected chi connectivity index (χ1v) is 6.18. The Morgan fingerprint density at radius 2 is 1.90 bits per heavy atom. The Morgan fingerprint density at radius 1 is 1.10 bits per heavy atom. The van der Waals surface area contributed by atoms with Crippen molar-refractivity contribution in [3.8, 4) is 17.2 Å².